The van der Waals surface area contributed by atoms with Gasteiger partial charge in [-0.3, -0.25) is 4.79 Å². The van der Waals surface area contributed by atoms with Crippen LogP contribution >= 0.6 is 0 Å². The van der Waals surface area contributed by atoms with E-state index in [4.69, 9.17) is 0 Å². The van der Waals surface area contributed by atoms with E-state index >= 15 is 0 Å². The van der Waals surface area contributed by atoms with Crippen molar-refractivity contribution in [3.05, 3.63) is 34.4 Å². The summed E-state index contributed by atoms with van der Waals surface area (Å²) in [6, 6.07) is 4.09. The Hall–Kier alpha value is -1.31. The molecule has 0 saturated heterocycles. The minimum Gasteiger partial charge on any atom is -0.481 e. The number of rotatable bonds is 3. The lowest BCUT2D eigenvalue weighted by molar-refractivity contribution is -0.139. The fourth-order valence-electron chi connectivity index (χ4n) is 2.10. The highest BCUT2D eigenvalue weighted by Crippen LogP contribution is 2.29. The lowest BCUT2D eigenvalue weighted by Gasteiger charge is -2.20. The van der Waals surface area contributed by atoms with Crippen molar-refractivity contribution >= 4 is 5.97 Å². The molecule has 1 aromatic carbocycles. The zero-order chi connectivity index (χ0) is 12.5. The average molecular weight is 220 g/mol. The van der Waals surface area contributed by atoms with Gasteiger partial charge in [-0.2, -0.15) is 0 Å². The molecule has 0 bridgehead atoms. The molecule has 0 fully saturated rings. The number of carboxylic acid groups (broad SMARTS) is 1. The molecule has 0 aromatic heterocycles. The molecule has 2 nitrogen and oxygen atoms in total. The Morgan fingerprint density at radius 3 is 2.00 bits per heavy atom. The molecular weight excluding hydrogens is 200 g/mol. The summed E-state index contributed by atoms with van der Waals surface area (Å²) < 4.78 is 0. The highest BCUT2D eigenvalue weighted by Gasteiger charge is 2.25. The van der Waals surface area contributed by atoms with E-state index in [1.54, 1.807) is 0 Å². The van der Waals surface area contributed by atoms with Gasteiger partial charge in [0.05, 0.1) is 5.92 Å². The van der Waals surface area contributed by atoms with E-state index in [2.05, 4.69) is 13.0 Å². The Morgan fingerprint density at radius 1 is 1.06 bits per heavy atom. The molecule has 0 aliphatic rings. The van der Waals surface area contributed by atoms with Gasteiger partial charge >= 0.3 is 5.97 Å². The Bertz CT molecular complexity index is 405. The second-order valence-electron chi connectivity index (χ2n) is 4.85. The highest BCUT2D eigenvalue weighted by molar-refractivity contribution is 5.77. The number of carboxylic acids is 1. The standard InChI is InChI=1S/C14H20O2/c1-8(2)13(14(15)16)12-7-10(4)9(3)6-11(12)5/h6-8,13H,1-5H3,(H,15,16). The summed E-state index contributed by atoms with van der Waals surface area (Å²) in [6.45, 7) is 9.97. The summed E-state index contributed by atoms with van der Waals surface area (Å²) in [7, 11) is 0. The summed E-state index contributed by atoms with van der Waals surface area (Å²) in [6.07, 6.45) is 0. The van der Waals surface area contributed by atoms with Crippen molar-refractivity contribution in [1.82, 2.24) is 0 Å². The van der Waals surface area contributed by atoms with Gasteiger partial charge in [-0.1, -0.05) is 26.0 Å². The zero-order valence-electron chi connectivity index (χ0n) is 10.7. The van der Waals surface area contributed by atoms with Gasteiger partial charge in [0, 0.05) is 0 Å². The van der Waals surface area contributed by atoms with E-state index in [0.717, 1.165) is 16.7 Å². The van der Waals surface area contributed by atoms with Gasteiger partial charge in [0.15, 0.2) is 0 Å². The smallest absolute Gasteiger partial charge is 0.311 e. The predicted molar refractivity (Wildman–Crippen MR) is 65.9 cm³/mol. The van der Waals surface area contributed by atoms with Crippen LogP contribution in [0, 0.1) is 26.7 Å². The molecular formula is C14H20O2. The fourth-order valence-corrected chi connectivity index (χ4v) is 2.10. The van der Waals surface area contributed by atoms with Crippen LogP contribution in [0.3, 0.4) is 0 Å². The lowest BCUT2D eigenvalue weighted by atomic mass is 9.84. The van der Waals surface area contributed by atoms with Crippen molar-refractivity contribution in [2.75, 3.05) is 0 Å². The molecule has 0 aliphatic carbocycles. The van der Waals surface area contributed by atoms with Crippen molar-refractivity contribution in [3.63, 3.8) is 0 Å². The first kappa shape index (κ1) is 12.8. The van der Waals surface area contributed by atoms with Crippen molar-refractivity contribution in [2.24, 2.45) is 5.92 Å². The largest absolute Gasteiger partial charge is 0.481 e. The summed E-state index contributed by atoms with van der Waals surface area (Å²) in [5.41, 5.74) is 4.40. The third kappa shape index (κ3) is 2.43. The van der Waals surface area contributed by atoms with Gasteiger partial charge in [-0.15, -0.1) is 0 Å². The Kier molecular flexibility index (Phi) is 3.74. The first-order valence-electron chi connectivity index (χ1n) is 5.65. The van der Waals surface area contributed by atoms with Gasteiger partial charge in [0.25, 0.3) is 0 Å². The van der Waals surface area contributed by atoms with Gasteiger partial charge in [0.2, 0.25) is 0 Å². The van der Waals surface area contributed by atoms with E-state index in [1.165, 1.54) is 5.56 Å². The molecule has 0 aliphatic heterocycles. The van der Waals surface area contributed by atoms with Crippen LogP contribution in [0.5, 0.6) is 0 Å². The predicted octanol–water partition coefficient (Wildman–Crippen LogP) is 3.44. The number of aliphatic carboxylic acids is 1. The molecule has 0 saturated carbocycles. The number of benzene rings is 1. The molecule has 1 aromatic rings. The van der Waals surface area contributed by atoms with Gasteiger partial charge in [0.1, 0.15) is 0 Å². The van der Waals surface area contributed by atoms with E-state index < -0.39 is 11.9 Å². The number of aryl methyl sites for hydroxylation is 3. The third-order valence-corrected chi connectivity index (χ3v) is 3.15. The number of hydrogen-bond acceptors (Lipinski definition) is 1. The van der Waals surface area contributed by atoms with Gasteiger partial charge in [-0.25, -0.2) is 0 Å². The minimum absolute atomic E-state index is 0.110. The summed E-state index contributed by atoms with van der Waals surface area (Å²) in [4.78, 5) is 11.3. The molecule has 1 unspecified atom stereocenters. The summed E-state index contributed by atoms with van der Waals surface area (Å²) in [5, 5.41) is 9.28. The molecule has 2 heteroatoms. The molecule has 1 N–H and O–H groups in total. The quantitative estimate of drug-likeness (QED) is 0.847. The molecule has 1 rings (SSSR count). The van der Waals surface area contributed by atoms with Crippen LogP contribution in [0.1, 0.15) is 42.0 Å². The Balaban J connectivity index is 3.30. The van der Waals surface area contributed by atoms with Crippen LogP contribution in [0.25, 0.3) is 0 Å². The average Bonchev–Trinajstić information content (AvgIpc) is 2.12. The van der Waals surface area contributed by atoms with Crippen molar-refractivity contribution in [3.8, 4) is 0 Å². The monoisotopic (exact) mass is 220 g/mol. The molecule has 0 spiro atoms. The number of hydrogen-bond donors (Lipinski definition) is 1. The fraction of sp³-hybridized carbons (Fsp3) is 0.500. The summed E-state index contributed by atoms with van der Waals surface area (Å²) >= 11 is 0. The molecule has 0 radical (unpaired) electrons. The topological polar surface area (TPSA) is 37.3 Å². The van der Waals surface area contributed by atoms with Crippen LogP contribution in [0.2, 0.25) is 0 Å². The third-order valence-electron chi connectivity index (χ3n) is 3.15. The second kappa shape index (κ2) is 4.69. The first-order valence-corrected chi connectivity index (χ1v) is 5.65. The molecule has 0 heterocycles. The lowest BCUT2D eigenvalue weighted by Crippen LogP contribution is -2.18. The van der Waals surface area contributed by atoms with E-state index in [9.17, 15) is 9.90 Å². The van der Waals surface area contributed by atoms with Crippen LogP contribution in [-0.2, 0) is 4.79 Å². The zero-order valence-corrected chi connectivity index (χ0v) is 10.7. The summed E-state index contributed by atoms with van der Waals surface area (Å²) in [5.74, 6) is -1.03. The van der Waals surface area contributed by atoms with Crippen LogP contribution in [-0.4, -0.2) is 11.1 Å². The first-order chi connectivity index (χ1) is 7.34. The van der Waals surface area contributed by atoms with Crippen LogP contribution in [0.4, 0.5) is 0 Å². The van der Waals surface area contributed by atoms with E-state index in [0.29, 0.717) is 0 Å². The maximum absolute atomic E-state index is 11.3. The van der Waals surface area contributed by atoms with Gasteiger partial charge < -0.3 is 5.11 Å². The van der Waals surface area contributed by atoms with Crippen molar-refractivity contribution in [2.45, 2.75) is 40.5 Å². The van der Waals surface area contributed by atoms with Crippen LogP contribution in [0.15, 0.2) is 12.1 Å². The number of carbonyl (C=O) groups is 1. The normalized spacial score (nSPS) is 12.9. The van der Waals surface area contributed by atoms with Crippen molar-refractivity contribution < 1.29 is 9.90 Å². The van der Waals surface area contributed by atoms with Crippen LogP contribution < -0.4 is 0 Å². The second-order valence-corrected chi connectivity index (χ2v) is 4.85. The molecule has 16 heavy (non-hydrogen) atoms. The van der Waals surface area contributed by atoms with E-state index in [1.807, 2.05) is 33.8 Å². The Labute approximate surface area is 97.3 Å². The highest BCUT2D eigenvalue weighted by atomic mass is 16.4. The maximum atomic E-state index is 11.3. The molecule has 1 atom stereocenters. The van der Waals surface area contributed by atoms with Crippen molar-refractivity contribution in [1.29, 1.82) is 0 Å². The minimum atomic E-state index is -0.735. The maximum Gasteiger partial charge on any atom is 0.311 e. The Morgan fingerprint density at radius 2 is 1.56 bits per heavy atom. The SMILES string of the molecule is Cc1cc(C)c(C(C(=O)O)C(C)C)cc1C. The van der Waals surface area contributed by atoms with E-state index in [-0.39, 0.29) is 5.92 Å². The van der Waals surface area contributed by atoms with Gasteiger partial charge in [-0.05, 0) is 48.9 Å². The molecule has 88 valence electrons. The molecule has 0 amide bonds.